The normalized spacial score (nSPS) is 16.4. The van der Waals surface area contributed by atoms with Crippen LogP contribution in [0.25, 0.3) is 0 Å². The number of carbonyl (C=O) groups excluding carboxylic acids is 2. The third kappa shape index (κ3) is 3.64. The fourth-order valence-corrected chi connectivity index (χ4v) is 2.63. The van der Waals surface area contributed by atoms with Crippen LogP contribution in [0.1, 0.15) is 28.8 Å². The molecule has 1 saturated heterocycles. The Morgan fingerprint density at radius 2 is 2.05 bits per heavy atom. The average Bonchev–Trinajstić information content (AvgIpc) is 2.42. The van der Waals surface area contributed by atoms with Gasteiger partial charge in [0.2, 0.25) is 0 Å². The Kier molecular flexibility index (Phi) is 4.71. The number of nitrogens with zero attached hydrogens (tertiary/aromatic N) is 1. The molecule has 0 aromatic heterocycles. The first-order valence-electron chi connectivity index (χ1n) is 6.21. The highest BCUT2D eigenvalue weighted by atomic mass is 79.9. The summed E-state index contributed by atoms with van der Waals surface area (Å²) >= 11 is 3.48. The van der Waals surface area contributed by atoms with Gasteiger partial charge in [-0.25, -0.2) is 4.79 Å². The molecule has 0 N–H and O–H groups in total. The van der Waals surface area contributed by atoms with E-state index in [9.17, 15) is 9.59 Å². The minimum absolute atomic E-state index is 0.337. The van der Waals surface area contributed by atoms with E-state index in [2.05, 4.69) is 25.6 Å². The lowest BCUT2D eigenvalue weighted by Crippen LogP contribution is -2.33. The number of benzene rings is 1. The van der Waals surface area contributed by atoms with E-state index < -0.39 is 0 Å². The summed E-state index contributed by atoms with van der Waals surface area (Å²) in [6, 6.07) is 5.46. The van der Waals surface area contributed by atoms with Gasteiger partial charge in [-0.2, -0.15) is 0 Å². The van der Waals surface area contributed by atoms with E-state index in [0.717, 1.165) is 29.7 Å². The summed E-state index contributed by atoms with van der Waals surface area (Å²) in [7, 11) is 1.37. The standard InChI is InChI=1S/C14H16BrNO3/c1-19-14(18)10-2-3-11(13(15)8-10)9-16-6-4-12(17)5-7-16/h2-3,8H,4-7,9H2,1H3. The molecule has 102 valence electrons. The Morgan fingerprint density at radius 3 is 2.63 bits per heavy atom. The van der Waals surface area contributed by atoms with Crippen LogP contribution in [-0.4, -0.2) is 36.9 Å². The van der Waals surface area contributed by atoms with Crippen molar-refractivity contribution in [1.29, 1.82) is 0 Å². The Labute approximate surface area is 120 Å². The Balaban J connectivity index is 2.05. The molecule has 1 aromatic rings. The molecule has 0 amide bonds. The first-order valence-corrected chi connectivity index (χ1v) is 7.00. The summed E-state index contributed by atoms with van der Waals surface area (Å²) in [5.74, 6) is 0.00664. The van der Waals surface area contributed by atoms with E-state index in [1.54, 1.807) is 12.1 Å². The maximum atomic E-state index is 11.4. The van der Waals surface area contributed by atoms with Gasteiger partial charge in [0.1, 0.15) is 5.78 Å². The fourth-order valence-electron chi connectivity index (χ4n) is 2.12. The van der Waals surface area contributed by atoms with E-state index in [1.165, 1.54) is 7.11 Å². The molecule has 0 aliphatic carbocycles. The van der Waals surface area contributed by atoms with Crippen molar-refractivity contribution in [2.24, 2.45) is 0 Å². The second kappa shape index (κ2) is 6.30. The molecule has 2 rings (SSSR count). The fraction of sp³-hybridized carbons (Fsp3) is 0.429. The minimum atomic E-state index is -0.337. The molecule has 1 aliphatic heterocycles. The average molecular weight is 326 g/mol. The summed E-state index contributed by atoms with van der Waals surface area (Å²) in [6.07, 6.45) is 1.27. The highest BCUT2D eigenvalue weighted by Gasteiger charge is 2.17. The van der Waals surface area contributed by atoms with Gasteiger partial charge >= 0.3 is 5.97 Å². The lowest BCUT2D eigenvalue weighted by atomic mass is 10.1. The van der Waals surface area contributed by atoms with Gasteiger partial charge in [0.25, 0.3) is 0 Å². The molecule has 5 heteroatoms. The van der Waals surface area contributed by atoms with Crippen molar-refractivity contribution in [2.45, 2.75) is 19.4 Å². The molecule has 0 unspecified atom stereocenters. The van der Waals surface area contributed by atoms with Gasteiger partial charge in [-0.1, -0.05) is 22.0 Å². The van der Waals surface area contributed by atoms with Crippen LogP contribution in [0.3, 0.4) is 0 Å². The summed E-state index contributed by atoms with van der Waals surface area (Å²) in [4.78, 5) is 24.9. The minimum Gasteiger partial charge on any atom is -0.465 e. The molecule has 4 nitrogen and oxygen atoms in total. The molecule has 1 fully saturated rings. The molecule has 1 heterocycles. The molecule has 1 aromatic carbocycles. The summed E-state index contributed by atoms with van der Waals surface area (Å²) in [5, 5.41) is 0. The maximum absolute atomic E-state index is 11.4. The molecular formula is C14H16BrNO3. The lowest BCUT2D eigenvalue weighted by Gasteiger charge is -2.26. The van der Waals surface area contributed by atoms with Crippen LogP contribution >= 0.6 is 15.9 Å². The van der Waals surface area contributed by atoms with Crippen LogP contribution in [0.2, 0.25) is 0 Å². The van der Waals surface area contributed by atoms with E-state index in [4.69, 9.17) is 0 Å². The molecule has 0 saturated carbocycles. The van der Waals surface area contributed by atoms with E-state index in [-0.39, 0.29) is 5.97 Å². The SMILES string of the molecule is COC(=O)c1ccc(CN2CCC(=O)CC2)c(Br)c1. The van der Waals surface area contributed by atoms with Crippen molar-refractivity contribution in [3.8, 4) is 0 Å². The van der Waals surface area contributed by atoms with Gasteiger partial charge in [-0.05, 0) is 17.7 Å². The third-order valence-corrected chi connectivity index (χ3v) is 4.02. The quantitative estimate of drug-likeness (QED) is 0.800. The third-order valence-electron chi connectivity index (χ3n) is 3.28. The van der Waals surface area contributed by atoms with Crippen LogP contribution in [0.15, 0.2) is 22.7 Å². The molecule has 0 bridgehead atoms. The zero-order chi connectivity index (χ0) is 13.8. The Hall–Kier alpha value is -1.20. The van der Waals surface area contributed by atoms with Crippen molar-refractivity contribution in [3.63, 3.8) is 0 Å². The number of hydrogen-bond donors (Lipinski definition) is 0. The number of likely N-dealkylation sites (tertiary alicyclic amines) is 1. The summed E-state index contributed by atoms with van der Waals surface area (Å²) in [6.45, 7) is 2.41. The zero-order valence-electron chi connectivity index (χ0n) is 10.8. The van der Waals surface area contributed by atoms with Gasteiger partial charge in [-0.3, -0.25) is 9.69 Å². The predicted octanol–water partition coefficient (Wildman–Crippen LogP) is 2.40. The summed E-state index contributed by atoms with van der Waals surface area (Å²) < 4.78 is 5.58. The topological polar surface area (TPSA) is 46.6 Å². The number of carbonyl (C=O) groups is 2. The van der Waals surface area contributed by atoms with Crippen LogP contribution in [0.5, 0.6) is 0 Å². The number of halogens is 1. The van der Waals surface area contributed by atoms with E-state index in [0.29, 0.717) is 24.2 Å². The van der Waals surface area contributed by atoms with Crippen molar-refractivity contribution in [3.05, 3.63) is 33.8 Å². The van der Waals surface area contributed by atoms with Gasteiger partial charge in [0, 0.05) is 36.9 Å². The molecule has 19 heavy (non-hydrogen) atoms. The monoisotopic (exact) mass is 325 g/mol. The highest BCUT2D eigenvalue weighted by Crippen LogP contribution is 2.22. The van der Waals surface area contributed by atoms with Crippen LogP contribution in [0, 0.1) is 0 Å². The number of rotatable bonds is 3. The van der Waals surface area contributed by atoms with Crippen LogP contribution < -0.4 is 0 Å². The van der Waals surface area contributed by atoms with Crippen molar-refractivity contribution in [1.82, 2.24) is 4.90 Å². The molecule has 1 aliphatic rings. The van der Waals surface area contributed by atoms with Gasteiger partial charge in [-0.15, -0.1) is 0 Å². The van der Waals surface area contributed by atoms with Crippen molar-refractivity contribution in [2.75, 3.05) is 20.2 Å². The number of piperidine rings is 1. The van der Waals surface area contributed by atoms with Crippen molar-refractivity contribution >= 4 is 27.7 Å². The Bertz CT molecular complexity index is 491. The highest BCUT2D eigenvalue weighted by molar-refractivity contribution is 9.10. The molecule has 0 radical (unpaired) electrons. The molecule has 0 atom stereocenters. The van der Waals surface area contributed by atoms with E-state index in [1.807, 2.05) is 6.07 Å². The number of ketones is 1. The van der Waals surface area contributed by atoms with Gasteiger partial charge < -0.3 is 4.74 Å². The van der Waals surface area contributed by atoms with Gasteiger partial charge in [0.15, 0.2) is 0 Å². The zero-order valence-corrected chi connectivity index (χ0v) is 12.4. The number of Topliss-reactive ketones (excluding diaryl/α,β-unsaturated/α-hetero) is 1. The van der Waals surface area contributed by atoms with Gasteiger partial charge in [0.05, 0.1) is 12.7 Å². The predicted molar refractivity (Wildman–Crippen MR) is 75.0 cm³/mol. The van der Waals surface area contributed by atoms with Crippen LogP contribution in [-0.2, 0) is 16.1 Å². The van der Waals surface area contributed by atoms with Crippen molar-refractivity contribution < 1.29 is 14.3 Å². The van der Waals surface area contributed by atoms with E-state index >= 15 is 0 Å². The number of hydrogen-bond acceptors (Lipinski definition) is 4. The Morgan fingerprint density at radius 1 is 1.37 bits per heavy atom. The maximum Gasteiger partial charge on any atom is 0.337 e. The smallest absolute Gasteiger partial charge is 0.337 e. The largest absolute Gasteiger partial charge is 0.465 e. The molecule has 0 spiro atoms. The molecular weight excluding hydrogens is 310 g/mol. The van der Waals surface area contributed by atoms with Crippen LogP contribution in [0.4, 0.5) is 0 Å². The first kappa shape index (κ1) is 14.2. The second-order valence-corrected chi connectivity index (χ2v) is 5.47. The first-order chi connectivity index (χ1) is 9.10. The summed E-state index contributed by atoms with van der Waals surface area (Å²) in [5.41, 5.74) is 1.65. The second-order valence-electron chi connectivity index (χ2n) is 4.61. The number of esters is 1. The number of methoxy groups -OCH3 is 1. The lowest BCUT2D eigenvalue weighted by molar-refractivity contribution is -0.121. The number of ether oxygens (including phenoxy) is 1.